The topological polar surface area (TPSA) is 79.1 Å². The van der Waals surface area contributed by atoms with Crippen molar-refractivity contribution >= 4 is 23.4 Å². The molecule has 8 heteroatoms. The number of allylic oxidation sites excluding steroid dienone is 1. The lowest BCUT2D eigenvalue weighted by Gasteiger charge is -2.24. The quantitative estimate of drug-likeness (QED) is 0.357. The Morgan fingerprint density at radius 3 is 2.63 bits per heavy atom. The number of carbonyl (C=O) groups excluding carboxylic acids is 1. The number of carbonyl (C=O) groups is 1. The molecule has 0 spiro atoms. The van der Waals surface area contributed by atoms with Gasteiger partial charge in [0.1, 0.15) is 18.1 Å². The van der Waals surface area contributed by atoms with Crippen molar-refractivity contribution in [1.29, 1.82) is 0 Å². The first-order valence-electron chi connectivity index (χ1n) is 11.1. The Labute approximate surface area is 206 Å². The second-order valence-corrected chi connectivity index (χ2v) is 8.72. The maximum Gasteiger partial charge on any atom is 0.338 e. The van der Waals surface area contributed by atoms with Gasteiger partial charge in [-0.1, -0.05) is 54.3 Å². The molecule has 7 nitrogen and oxygen atoms in total. The highest BCUT2D eigenvalue weighted by Gasteiger charge is 2.33. The highest BCUT2D eigenvalue weighted by Crippen LogP contribution is 2.31. The van der Waals surface area contributed by atoms with E-state index in [-0.39, 0.29) is 12.2 Å². The minimum absolute atomic E-state index is 0.217. The van der Waals surface area contributed by atoms with Crippen LogP contribution in [0.25, 0.3) is 6.08 Å². The fraction of sp³-hybridized carbons (Fsp3) is 0.222. The molecule has 1 aliphatic rings. The van der Waals surface area contributed by atoms with Gasteiger partial charge in [-0.25, -0.2) is 9.79 Å². The van der Waals surface area contributed by atoms with Gasteiger partial charge in [0, 0.05) is 5.56 Å². The Bertz CT molecular complexity index is 1460. The van der Waals surface area contributed by atoms with E-state index < -0.39 is 12.0 Å². The first-order valence-corrected chi connectivity index (χ1v) is 12.0. The number of benzene rings is 2. The lowest BCUT2D eigenvalue weighted by Crippen LogP contribution is -2.39. The Morgan fingerprint density at radius 2 is 1.94 bits per heavy atom. The van der Waals surface area contributed by atoms with Gasteiger partial charge in [-0.15, -0.1) is 0 Å². The van der Waals surface area contributed by atoms with Gasteiger partial charge in [0.2, 0.25) is 0 Å². The third kappa shape index (κ3) is 4.83. The average molecular weight is 491 g/mol. The van der Waals surface area contributed by atoms with Crippen molar-refractivity contribution in [3.8, 4) is 11.5 Å². The number of ether oxygens (including phenoxy) is 3. The third-order valence-electron chi connectivity index (χ3n) is 5.51. The molecule has 0 N–H and O–H groups in total. The predicted octanol–water partition coefficient (Wildman–Crippen LogP) is 3.37. The standard InChI is InChI=1S/C27H26N2O5S/c1-5-15-34-20-13-11-18(12-14-20)24-23(26(31)33-6-2)17(3)28-27-29(24)25(30)22(35-27)16-19-9-7-8-10-21(19)32-4/h5,7-14,16,24H,1,6,15H2,2-4H3/b22-16-. The van der Waals surface area contributed by atoms with Gasteiger partial charge in [0.15, 0.2) is 4.80 Å². The summed E-state index contributed by atoms with van der Waals surface area (Å²) in [7, 11) is 1.59. The van der Waals surface area contributed by atoms with E-state index in [4.69, 9.17) is 14.2 Å². The van der Waals surface area contributed by atoms with Crippen LogP contribution in [0.15, 0.2) is 82.2 Å². The van der Waals surface area contributed by atoms with Crippen LogP contribution in [0.1, 0.15) is 31.0 Å². The molecule has 0 aliphatic carbocycles. The molecule has 4 rings (SSSR count). The van der Waals surface area contributed by atoms with Crippen LogP contribution in [0.4, 0.5) is 0 Å². The first-order chi connectivity index (χ1) is 17.0. The molecule has 0 fully saturated rings. The Kier molecular flexibility index (Phi) is 7.31. The molecular weight excluding hydrogens is 464 g/mol. The number of methoxy groups -OCH3 is 1. The normalized spacial score (nSPS) is 15.3. The van der Waals surface area contributed by atoms with Gasteiger partial charge in [-0.2, -0.15) is 0 Å². The molecule has 1 aliphatic heterocycles. The molecule has 1 atom stereocenters. The van der Waals surface area contributed by atoms with E-state index in [2.05, 4.69) is 11.6 Å². The molecule has 0 saturated heterocycles. The van der Waals surface area contributed by atoms with Crippen LogP contribution >= 0.6 is 11.3 Å². The van der Waals surface area contributed by atoms with E-state index in [0.717, 1.165) is 11.1 Å². The van der Waals surface area contributed by atoms with Crippen molar-refractivity contribution in [2.24, 2.45) is 4.99 Å². The molecule has 0 radical (unpaired) electrons. The zero-order valence-electron chi connectivity index (χ0n) is 19.8. The van der Waals surface area contributed by atoms with Gasteiger partial charge in [0.25, 0.3) is 5.56 Å². The number of fused-ring (bicyclic) bond motifs is 1. The predicted molar refractivity (Wildman–Crippen MR) is 136 cm³/mol. The Hall–Kier alpha value is -3.91. The van der Waals surface area contributed by atoms with Gasteiger partial charge >= 0.3 is 5.97 Å². The molecule has 0 amide bonds. The Balaban J connectivity index is 1.90. The van der Waals surface area contributed by atoms with Crippen LogP contribution in [0.2, 0.25) is 0 Å². The van der Waals surface area contributed by atoms with Crippen molar-refractivity contribution in [2.75, 3.05) is 20.3 Å². The van der Waals surface area contributed by atoms with Crippen LogP contribution in [0.3, 0.4) is 0 Å². The molecular formula is C27H26N2O5S. The fourth-order valence-corrected chi connectivity index (χ4v) is 4.97. The largest absolute Gasteiger partial charge is 0.496 e. The lowest BCUT2D eigenvalue weighted by atomic mass is 9.96. The number of hydrogen-bond donors (Lipinski definition) is 0. The summed E-state index contributed by atoms with van der Waals surface area (Å²) in [6.45, 7) is 7.77. The van der Waals surface area contributed by atoms with Gasteiger partial charge in [0.05, 0.1) is 35.6 Å². The van der Waals surface area contributed by atoms with E-state index in [1.54, 1.807) is 37.7 Å². The molecule has 0 saturated carbocycles. The summed E-state index contributed by atoms with van der Waals surface area (Å²) >= 11 is 1.27. The fourth-order valence-electron chi connectivity index (χ4n) is 3.94. The highest BCUT2D eigenvalue weighted by atomic mass is 32.1. The van der Waals surface area contributed by atoms with Crippen molar-refractivity contribution in [1.82, 2.24) is 4.57 Å². The molecule has 0 bridgehead atoms. The van der Waals surface area contributed by atoms with Gasteiger partial charge < -0.3 is 14.2 Å². The maximum atomic E-state index is 13.7. The van der Waals surface area contributed by atoms with Crippen LogP contribution < -0.4 is 24.4 Å². The van der Waals surface area contributed by atoms with Crippen LogP contribution in [-0.2, 0) is 9.53 Å². The molecule has 2 aromatic carbocycles. The molecule has 3 aromatic rings. The maximum absolute atomic E-state index is 13.7. The molecule has 1 aromatic heterocycles. The van der Waals surface area contributed by atoms with Gasteiger partial charge in [-0.05, 0) is 43.7 Å². The third-order valence-corrected chi connectivity index (χ3v) is 6.49. The first kappa shape index (κ1) is 24.2. The zero-order chi connectivity index (χ0) is 24.9. The number of nitrogens with zero attached hydrogens (tertiary/aromatic N) is 2. The van der Waals surface area contributed by atoms with Crippen LogP contribution in [-0.4, -0.2) is 30.9 Å². The summed E-state index contributed by atoms with van der Waals surface area (Å²) in [5.41, 5.74) is 2.14. The lowest BCUT2D eigenvalue weighted by molar-refractivity contribution is -0.139. The summed E-state index contributed by atoms with van der Waals surface area (Å²) < 4.78 is 18.4. The number of rotatable bonds is 8. The van der Waals surface area contributed by atoms with Crippen LogP contribution in [0.5, 0.6) is 11.5 Å². The van der Waals surface area contributed by atoms with E-state index >= 15 is 0 Å². The molecule has 35 heavy (non-hydrogen) atoms. The van der Waals surface area contributed by atoms with E-state index in [1.165, 1.54) is 11.3 Å². The van der Waals surface area contributed by atoms with E-state index in [1.807, 2.05) is 48.5 Å². The van der Waals surface area contributed by atoms with Crippen molar-refractivity contribution in [3.05, 3.63) is 103 Å². The molecule has 2 heterocycles. The minimum atomic E-state index is -0.682. The SMILES string of the molecule is C=CCOc1ccc(C2C(C(=O)OCC)=C(C)N=c3s/c(=C\c4ccccc4OC)c(=O)n32)cc1. The number of para-hydroxylation sites is 1. The summed E-state index contributed by atoms with van der Waals surface area (Å²) in [6.07, 6.45) is 3.45. The summed E-state index contributed by atoms with van der Waals surface area (Å²) in [4.78, 5) is 31.8. The summed E-state index contributed by atoms with van der Waals surface area (Å²) in [6, 6.07) is 14.1. The highest BCUT2D eigenvalue weighted by molar-refractivity contribution is 7.07. The average Bonchev–Trinajstić information content (AvgIpc) is 3.17. The van der Waals surface area contributed by atoms with E-state index in [0.29, 0.717) is 38.7 Å². The van der Waals surface area contributed by atoms with Gasteiger partial charge in [-0.3, -0.25) is 9.36 Å². The smallest absolute Gasteiger partial charge is 0.338 e. The molecule has 1 unspecified atom stereocenters. The van der Waals surface area contributed by atoms with Crippen molar-refractivity contribution in [3.63, 3.8) is 0 Å². The number of aromatic nitrogens is 1. The summed E-state index contributed by atoms with van der Waals surface area (Å²) in [5.74, 6) is 0.828. The minimum Gasteiger partial charge on any atom is -0.496 e. The number of hydrogen-bond acceptors (Lipinski definition) is 7. The Morgan fingerprint density at radius 1 is 1.20 bits per heavy atom. The number of esters is 1. The van der Waals surface area contributed by atoms with Crippen LogP contribution in [0, 0.1) is 0 Å². The van der Waals surface area contributed by atoms with Crippen molar-refractivity contribution in [2.45, 2.75) is 19.9 Å². The van der Waals surface area contributed by atoms with Crippen molar-refractivity contribution < 1.29 is 19.0 Å². The second kappa shape index (κ2) is 10.6. The number of thiazole rings is 1. The van der Waals surface area contributed by atoms with E-state index in [9.17, 15) is 9.59 Å². The zero-order valence-corrected chi connectivity index (χ0v) is 20.6. The summed E-state index contributed by atoms with van der Waals surface area (Å²) in [5, 5.41) is 0. The monoisotopic (exact) mass is 490 g/mol. The molecule has 180 valence electrons. The second-order valence-electron chi connectivity index (χ2n) is 7.71.